The molecule has 1 aromatic carbocycles. The highest BCUT2D eigenvalue weighted by Crippen LogP contribution is 2.26. The molecule has 2 rings (SSSR count). The van der Waals surface area contributed by atoms with E-state index < -0.39 is 34.7 Å². The Balaban J connectivity index is 2.65. The zero-order valence-electron chi connectivity index (χ0n) is 17.8. The molecule has 0 bridgehead atoms. The predicted octanol–water partition coefficient (Wildman–Crippen LogP) is 3.05. The Hall–Kier alpha value is -3.64. The summed E-state index contributed by atoms with van der Waals surface area (Å²) in [5.74, 6) is 8.87. The molecular weight excluding hydrogens is 384 g/mol. The fraction of sp³-hybridized carbons (Fsp3) is 0.333. The van der Waals surface area contributed by atoms with Gasteiger partial charge in [0.15, 0.2) is 11.2 Å². The van der Waals surface area contributed by atoms with Gasteiger partial charge in [-0.1, -0.05) is 47.9 Å². The lowest BCUT2D eigenvalue weighted by molar-refractivity contribution is -0.150. The van der Waals surface area contributed by atoms with E-state index in [0.29, 0.717) is 0 Å². The molecule has 0 atom stereocenters. The highest BCUT2D eigenvalue weighted by atomic mass is 16.6. The second-order valence-corrected chi connectivity index (χ2v) is 7.66. The summed E-state index contributed by atoms with van der Waals surface area (Å²) in [6.07, 6.45) is 0. The standard InChI is InChI=1S/C24H22O6/c1-15(25)29-23(3,4)13-11-19-20(12-14-24(5,6)30-16(2)26)22(28)18-10-8-7-9-17(18)21(19)27/h7-10H,1-6H3. The van der Waals surface area contributed by atoms with Gasteiger partial charge >= 0.3 is 11.9 Å². The Morgan fingerprint density at radius 1 is 0.733 bits per heavy atom. The van der Waals surface area contributed by atoms with Crippen molar-refractivity contribution in [2.45, 2.75) is 52.7 Å². The van der Waals surface area contributed by atoms with Gasteiger partial charge in [-0.15, -0.1) is 0 Å². The number of ketones is 2. The van der Waals surface area contributed by atoms with E-state index in [4.69, 9.17) is 9.47 Å². The van der Waals surface area contributed by atoms with E-state index in [0.717, 1.165) is 0 Å². The number of rotatable bonds is 2. The third-order valence-electron chi connectivity index (χ3n) is 3.90. The van der Waals surface area contributed by atoms with E-state index in [-0.39, 0.29) is 22.3 Å². The molecule has 0 saturated heterocycles. The quantitative estimate of drug-likeness (QED) is 0.554. The average Bonchev–Trinajstić information content (AvgIpc) is 2.60. The van der Waals surface area contributed by atoms with E-state index in [2.05, 4.69) is 23.7 Å². The van der Waals surface area contributed by atoms with Crippen molar-refractivity contribution in [3.05, 3.63) is 46.5 Å². The van der Waals surface area contributed by atoms with Crippen LogP contribution in [0.25, 0.3) is 0 Å². The first-order chi connectivity index (χ1) is 13.8. The number of fused-ring (bicyclic) bond motifs is 1. The molecule has 154 valence electrons. The predicted molar refractivity (Wildman–Crippen MR) is 109 cm³/mol. The summed E-state index contributed by atoms with van der Waals surface area (Å²) in [7, 11) is 0. The molecule has 1 aromatic rings. The van der Waals surface area contributed by atoms with Crippen LogP contribution in [0, 0.1) is 23.7 Å². The van der Waals surface area contributed by atoms with Crippen molar-refractivity contribution in [1.82, 2.24) is 0 Å². The lowest BCUT2D eigenvalue weighted by Crippen LogP contribution is -2.26. The Morgan fingerprint density at radius 3 is 1.37 bits per heavy atom. The number of carbonyl (C=O) groups excluding carboxylic acids is 4. The van der Waals surface area contributed by atoms with Gasteiger partial charge in [-0.3, -0.25) is 19.2 Å². The maximum absolute atomic E-state index is 13.0. The summed E-state index contributed by atoms with van der Waals surface area (Å²) >= 11 is 0. The Bertz CT molecular complexity index is 1010. The number of allylic oxidation sites excluding steroid dienone is 2. The summed E-state index contributed by atoms with van der Waals surface area (Å²) in [6.45, 7) is 8.78. The Morgan fingerprint density at radius 2 is 1.07 bits per heavy atom. The summed E-state index contributed by atoms with van der Waals surface area (Å²) in [4.78, 5) is 48.6. The molecule has 6 nitrogen and oxygen atoms in total. The van der Waals surface area contributed by atoms with Crippen LogP contribution in [-0.4, -0.2) is 34.7 Å². The van der Waals surface area contributed by atoms with E-state index in [9.17, 15) is 19.2 Å². The number of benzene rings is 1. The monoisotopic (exact) mass is 406 g/mol. The van der Waals surface area contributed by atoms with Crippen LogP contribution in [0.3, 0.4) is 0 Å². The summed E-state index contributed by atoms with van der Waals surface area (Å²) < 4.78 is 10.3. The highest BCUT2D eigenvalue weighted by molar-refractivity contribution is 6.30. The van der Waals surface area contributed by atoms with Gasteiger partial charge in [0, 0.05) is 25.0 Å². The normalized spacial score (nSPS) is 13.4. The van der Waals surface area contributed by atoms with Crippen molar-refractivity contribution in [2.24, 2.45) is 0 Å². The maximum atomic E-state index is 13.0. The van der Waals surface area contributed by atoms with Gasteiger partial charge in [0.05, 0.1) is 11.1 Å². The van der Waals surface area contributed by atoms with Crippen molar-refractivity contribution < 1.29 is 28.7 Å². The first kappa shape index (κ1) is 22.6. The zero-order chi connectivity index (χ0) is 22.7. The van der Waals surface area contributed by atoms with Gasteiger partial charge in [-0.25, -0.2) is 0 Å². The number of Topliss-reactive ketones (excluding diaryl/α,β-unsaturated/α-hetero) is 2. The van der Waals surface area contributed by atoms with Gasteiger partial charge in [-0.2, -0.15) is 0 Å². The van der Waals surface area contributed by atoms with E-state index in [1.807, 2.05) is 0 Å². The lowest BCUT2D eigenvalue weighted by Gasteiger charge is -2.19. The molecule has 0 fully saturated rings. The molecule has 0 unspecified atom stereocenters. The van der Waals surface area contributed by atoms with Crippen molar-refractivity contribution in [1.29, 1.82) is 0 Å². The van der Waals surface area contributed by atoms with Crippen LogP contribution < -0.4 is 0 Å². The maximum Gasteiger partial charge on any atom is 0.304 e. The second kappa shape index (κ2) is 8.39. The molecular formula is C24H22O6. The molecule has 0 spiro atoms. The van der Waals surface area contributed by atoms with Crippen LogP contribution in [-0.2, 0) is 19.1 Å². The van der Waals surface area contributed by atoms with Crippen LogP contribution in [0.4, 0.5) is 0 Å². The Labute approximate surface area is 175 Å². The third-order valence-corrected chi connectivity index (χ3v) is 3.90. The number of hydrogen-bond donors (Lipinski definition) is 0. The van der Waals surface area contributed by atoms with Gasteiger partial charge in [0.2, 0.25) is 11.6 Å². The van der Waals surface area contributed by atoms with Gasteiger partial charge in [0.25, 0.3) is 0 Å². The first-order valence-corrected chi connectivity index (χ1v) is 9.21. The number of esters is 2. The molecule has 0 amide bonds. The molecule has 0 N–H and O–H groups in total. The van der Waals surface area contributed by atoms with Crippen molar-refractivity contribution in [3.63, 3.8) is 0 Å². The minimum absolute atomic E-state index is 0.0925. The first-order valence-electron chi connectivity index (χ1n) is 9.21. The summed E-state index contributed by atoms with van der Waals surface area (Å²) in [5, 5.41) is 0. The smallest absolute Gasteiger partial charge is 0.304 e. The minimum Gasteiger partial charge on any atom is -0.447 e. The lowest BCUT2D eigenvalue weighted by atomic mass is 9.84. The van der Waals surface area contributed by atoms with E-state index >= 15 is 0 Å². The fourth-order valence-corrected chi connectivity index (χ4v) is 2.81. The van der Waals surface area contributed by atoms with E-state index in [1.165, 1.54) is 13.8 Å². The van der Waals surface area contributed by atoms with Crippen molar-refractivity contribution in [3.8, 4) is 23.7 Å². The molecule has 1 aliphatic carbocycles. The summed E-state index contributed by atoms with van der Waals surface area (Å²) in [5.41, 5.74) is -2.08. The van der Waals surface area contributed by atoms with E-state index in [1.54, 1.807) is 52.0 Å². The fourth-order valence-electron chi connectivity index (χ4n) is 2.81. The molecule has 1 aliphatic rings. The van der Waals surface area contributed by atoms with Crippen LogP contribution in [0.1, 0.15) is 62.3 Å². The van der Waals surface area contributed by atoms with Crippen LogP contribution >= 0.6 is 0 Å². The number of hydrogen-bond acceptors (Lipinski definition) is 6. The summed E-state index contributed by atoms with van der Waals surface area (Å²) in [6, 6.07) is 6.39. The zero-order valence-corrected chi connectivity index (χ0v) is 17.8. The number of ether oxygens (including phenoxy) is 2. The van der Waals surface area contributed by atoms with Gasteiger partial charge in [-0.05, 0) is 27.7 Å². The van der Waals surface area contributed by atoms with Crippen LogP contribution in [0.2, 0.25) is 0 Å². The van der Waals surface area contributed by atoms with Crippen LogP contribution in [0.5, 0.6) is 0 Å². The van der Waals surface area contributed by atoms with Gasteiger partial charge < -0.3 is 9.47 Å². The largest absolute Gasteiger partial charge is 0.447 e. The second-order valence-electron chi connectivity index (χ2n) is 7.66. The third kappa shape index (κ3) is 5.46. The molecule has 6 heteroatoms. The van der Waals surface area contributed by atoms with Crippen molar-refractivity contribution in [2.75, 3.05) is 0 Å². The Kier molecular flexibility index (Phi) is 6.33. The average molecular weight is 406 g/mol. The van der Waals surface area contributed by atoms with Crippen LogP contribution in [0.15, 0.2) is 35.4 Å². The van der Waals surface area contributed by atoms with Crippen molar-refractivity contribution >= 4 is 23.5 Å². The topological polar surface area (TPSA) is 86.7 Å². The molecule has 30 heavy (non-hydrogen) atoms. The molecule has 0 saturated carbocycles. The minimum atomic E-state index is -1.17. The molecule has 0 radical (unpaired) electrons. The molecule has 0 aromatic heterocycles. The molecule has 0 heterocycles. The SMILES string of the molecule is CC(=O)OC(C)(C)C#CC1=C(C#CC(C)(C)OC(C)=O)C(=O)c2ccccc2C1=O. The highest BCUT2D eigenvalue weighted by Gasteiger charge is 2.31. The molecule has 0 aliphatic heterocycles. The van der Waals surface area contributed by atoms with Gasteiger partial charge in [0.1, 0.15) is 0 Å². The number of carbonyl (C=O) groups is 4.